The Hall–Kier alpha value is -1.40. The Balaban J connectivity index is 3.31. The van der Waals surface area contributed by atoms with Crippen molar-refractivity contribution in [1.82, 2.24) is 5.32 Å². The minimum absolute atomic E-state index is 0.0241. The van der Waals surface area contributed by atoms with Crippen molar-refractivity contribution in [1.29, 1.82) is 0 Å². The first kappa shape index (κ1) is 74.6. The van der Waals surface area contributed by atoms with Crippen LogP contribution in [0.25, 0.3) is 0 Å². The Morgan fingerprint density at radius 3 is 0.895 bits per heavy atom. The topological polar surface area (TPSA) is 95.9 Å². The summed E-state index contributed by atoms with van der Waals surface area (Å²) in [6.45, 7) is 4.94. The molecule has 0 radical (unpaired) electrons. The molecule has 0 saturated heterocycles. The van der Waals surface area contributed by atoms with Gasteiger partial charge in [0.05, 0.1) is 25.4 Å². The second-order valence-electron chi connectivity index (χ2n) is 24.2. The highest BCUT2D eigenvalue weighted by molar-refractivity contribution is 5.76. The lowest BCUT2D eigenvalue weighted by Gasteiger charge is -2.20. The number of rotatable bonds is 66. The van der Waals surface area contributed by atoms with Crippen LogP contribution in [0.3, 0.4) is 0 Å². The average molecular weight is 1070 g/mol. The molecule has 0 aliphatic carbocycles. The van der Waals surface area contributed by atoms with Crippen LogP contribution in [0, 0.1) is 0 Å². The fourth-order valence-electron chi connectivity index (χ4n) is 11.2. The molecule has 0 aromatic carbocycles. The van der Waals surface area contributed by atoms with E-state index in [-0.39, 0.29) is 18.5 Å². The molecule has 1 amide bonds. The molecular weight excluding hydrogens is 935 g/mol. The molecule has 6 heteroatoms. The number of hydrogen-bond donors (Lipinski definition) is 3. The molecule has 6 nitrogen and oxygen atoms in total. The maximum atomic E-state index is 12.5. The number of carbonyl (C=O) groups is 2. The molecule has 0 bridgehead atoms. The smallest absolute Gasteiger partial charge is 0.305 e. The molecule has 0 aliphatic heterocycles. The normalized spacial score (nSPS) is 12.5. The Morgan fingerprint density at radius 1 is 0.355 bits per heavy atom. The van der Waals surface area contributed by atoms with E-state index in [1.165, 1.54) is 334 Å². The van der Waals surface area contributed by atoms with E-state index in [0.717, 1.165) is 38.5 Å². The van der Waals surface area contributed by atoms with Crippen molar-refractivity contribution in [3.05, 3.63) is 12.2 Å². The third-order valence-electron chi connectivity index (χ3n) is 16.6. The van der Waals surface area contributed by atoms with Crippen molar-refractivity contribution in [2.75, 3.05) is 13.2 Å². The fraction of sp³-hybridized carbons (Fsp3) is 0.943. The Bertz CT molecular complexity index is 1140. The highest BCUT2D eigenvalue weighted by atomic mass is 16.5. The van der Waals surface area contributed by atoms with Crippen LogP contribution in [-0.2, 0) is 14.3 Å². The number of ether oxygens (including phenoxy) is 1. The molecule has 0 saturated carbocycles. The first-order chi connectivity index (χ1) is 37.5. The first-order valence-corrected chi connectivity index (χ1v) is 35.0. The molecule has 0 aromatic rings. The number of aliphatic hydroxyl groups excluding tert-OH is 2. The van der Waals surface area contributed by atoms with Gasteiger partial charge in [-0.2, -0.15) is 0 Å². The van der Waals surface area contributed by atoms with E-state index < -0.39 is 12.1 Å². The predicted octanol–water partition coefficient (Wildman–Crippen LogP) is 22.4. The quantitative estimate of drug-likeness (QED) is 0.0320. The fourth-order valence-corrected chi connectivity index (χ4v) is 11.2. The molecule has 0 spiro atoms. The van der Waals surface area contributed by atoms with Crippen LogP contribution in [0.15, 0.2) is 12.2 Å². The van der Waals surface area contributed by atoms with Crippen LogP contribution >= 0.6 is 0 Å². The van der Waals surface area contributed by atoms with Crippen molar-refractivity contribution in [3.63, 3.8) is 0 Å². The molecule has 0 aliphatic rings. The lowest BCUT2D eigenvalue weighted by molar-refractivity contribution is -0.143. The lowest BCUT2D eigenvalue weighted by atomic mass is 10.0. The monoisotopic (exact) mass is 1070 g/mol. The number of aliphatic hydroxyl groups is 2. The van der Waals surface area contributed by atoms with Gasteiger partial charge in [0.15, 0.2) is 0 Å². The minimum Gasteiger partial charge on any atom is -0.466 e. The van der Waals surface area contributed by atoms with Crippen LogP contribution in [0.5, 0.6) is 0 Å². The number of hydrogen-bond acceptors (Lipinski definition) is 5. The van der Waals surface area contributed by atoms with Gasteiger partial charge in [-0.3, -0.25) is 9.59 Å². The second kappa shape index (κ2) is 66.1. The summed E-state index contributed by atoms with van der Waals surface area (Å²) in [4.78, 5) is 24.6. The molecular formula is C70H137NO5. The summed E-state index contributed by atoms with van der Waals surface area (Å²) in [6, 6.07) is -0.623. The maximum absolute atomic E-state index is 12.5. The van der Waals surface area contributed by atoms with E-state index in [4.69, 9.17) is 4.74 Å². The molecule has 2 atom stereocenters. The minimum atomic E-state index is -0.840. The Morgan fingerprint density at radius 2 is 0.605 bits per heavy atom. The summed E-state index contributed by atoms with van der Waals surface area (Å²) in [5.74, 6) is -0.0380. The van der Waals surface area contributed by atoms with Crippen LogP contribution in [0.2, 0.25) is 0 Å². The van der Waals surface area contributed by atoms with Gasteiger partial charge >= 0.3 is 5.97 Å². The van der Waals surface area contributed by atoms with Gasteiger partial charge in [-0.25, -0.2) is 0 Å². The number of allylic oxidation sites excluding steroid dienone is 1. The van der Waals surface area contributed by atoms with Crippen LogP contribution in [0.1, 0.15) is 399 Å². The van der Waals surface area contributed by atoms with Crippen LogP contribution in [-0.4, -0.2) is 47.4 Å². The lowest BCUT2D eigenvalue weighted by Crippen LogP contribution is -2.45. The summed E-state index contributed by atoms with van der Waals surface area (Å²) in [7, 11) is 0. The van der Waals surface area contributed by atoms with Gasteiger partial charge in [-0.05, 0) is 32.1 Å². The third-order valence-corrected chi connectivity index (χ3v) is 16.6. The third kappa shape index (κ3) is 61.8. The second-order valence-corrected chi connectivity index (χ2v) is 24.2. The summed E-state index contributed by atoms with van der Waals surface area (Å²) < 4.78 is 5.51. The molecule has 452 valence electrons. The van der Waals surface area contributed by atoms with Crippen molar-refractivity contribution in [3.8, 4) is 0 Å². The van der Waals surface area contributed by atoms with E-state index in [1.807, 2.05) is 6.08 Å². The highest BCUT2D eigenvalue weighted by Crippen LogP contribution is 2.19. The van der Waals surface area contributed by atoms with Crippen LogP contribution in [0.4, 0.5) is 0 Å². The molecule has 0 rings (SSSR count). The number of unbranched alkanes of at least 4 members (excludes halogenated alkanes) is 55. The predicted molar refractivity (Wildman–Crippen MR) is 333 cm³/mol. The zero-order valence-electron chi connectivity index (χ0n) is 51.8. The zero-order valence-corrected chi connectivity index (χ0v) is 51.8. The van der Waals surface area contributed by atoms with Crippen LogP contribution < -0.4 is 5.32 Å². The summed E-state index contributed by atoms with van der Waals surface area (Å²) >= 11 is 0. The molecule has 0 heterocycles. The molecule has 0 aromatic heterocycles. The highest BCUT2D eigenvalue weighted by Gasteiger charge is 2.18. The van der Waals surface area contributed by atoms with Crippen molar-refractivity contribution in [2.24, 2.45) is 0 Å². The number of carbonyl (C=O) groups excluding carboxylic acids is 2. The summed E-state index contributed by atoms with van der Waals surface area (Å²) in [5.41, 5.74) is 0. The first-order valence-electron chi connectivity index (χ1n) is 35.0. The van der Waals surface area contributed by atoms with Gasteiger partial charge in [0.25, 0.3) is 0 Å². The van der Waals surface area contributed by atoms with E-state index in [9.17, 15) is 19.8 Å². The maximum Gasteiger partial charge on any atom is 0.305 e. The van der Waals surface area contributed by atoms with E-state index in [0.29, 0.717) is 19.4 Å². The Kier molecular flexibility index (Phi) is 64.9. The van der Waals surface area contributed by atoms with E-state index in [1.54, 1.807) is 6.08 Å². The largest absolute Gasteiger partial charge is 0.466 e. The van der Waals surface area contributed by atoms with E-state index >= 15 is 0 Å². The molecule has 76 heavy (non-hydrogen) atoms. The summed E-state index contributed by atoms with van der Waals surface area (Å²) in [5, 5.41) is 23.1. The van der Waals surface area contributed by atoms with Crippen molar-refractivity contribution >= 4 is 11.9 Å². The molecule has 0 fully saturated rings. The van der Waals surface area contributed by atoms with Gasteiger partial charge in [0.1, 0.15) is 0 Å². The number of esters is 1. The molecule has 3 N–H and O–H groups in total. The standard InChI is InChI=1S/C70H137NO5/c1-3-5-7-9-11-13-15-17-18-36-40-44-48-52-56-60-64-70(75)76-65-61-57-53-49-45-41-37-34-32-30-28-26-24-22-20-19-21-23-25-27-29-31-33-35-39-43-47-51-55-59-63-69(74)71-67(66-72)68(73)62-58-54-50-46-42-38-16-14-12-10-8-6-4-2/h58,62,67-68,72-73H,3-57,59-61,63-66H2,1-2H3,(H,71,74)/b62-58+. The van der Waals surface area contributed by atoms with Gasteiger partial charge in [-0.1, -0.05) is 366 Å². The SMILES string of the molecule is CCCCCCCCCCCCC/C=C/C(O)C(CO)NC(=O)CCCCCCCCCCCCCCCCCCCCCCCCCCCCCCCCOC(=O)CCCCCCCCCCCCCCCCCC. The number of amides is 1. The van der Waals surface area contributed by atoms with Gasteiger partial charge in [0.2, 0.25) is 5.91 Å². The summed E-state index contributed by atoms with van der Waals surface area (Å²) in [6.07, 6.45) is 81.5. The van der Waals surface area contributed by atoms with Gasteiger partial charge in [-0.15, -0.1) is 0 Å². The van der Waals surface area contributed by atoms with Crippen molar-refractivity contribution < 1.29 is 24.5 Å². The van der Waals surface area contributed by atoms with Gasteiger partial charge in [0, 0.05) is 12.8 Å². The average Bonchev–Trinajstić information content (AvgIpc) is 3.42. The zero-order chi connectivity index (χ0) is 55.0. The van der Waals surface area contributed by atoms with Crippen molar-refractivity contribution in [2.45, 2.75) is 411 Å². The number of nitrogens with one attached hydrogen (secondary N) is 1. The molecule has 2 unspecified atom stereocenters. The Labute approximate surface area is 476 Å². The van der Waals surface area contributed by atoms with Gasteiger partial charge < -0.3 is 20.3 Å². The van der Waals surface area contributed by atoms with E-state index in [2.05, 4.69) is 19.2 Å².